The van der Waals surface area contributed by atoms with Crippen molar-refractivity contribution in [2.24, 2.45) is 5.92 Å². The van der Waals surface area contributed by atoms with Crippen molar-refractivity contribution in [1.82, 2.24) is 5.32 Å². The Morgan fingerprint density at radius 3 is 2.83 bits per heavy atom. The van der Waals surface area contributed by atoms with E-state index in [4.69, 9.17) is 0 Å². The van der Waals surface area contributed by atoms with Gasteiger partial charge in [-0.05, 0) is 55.7 Å². The van der Waals surface area contributed by atoms with E-state index in [1.165, 1.54) is 32.1 Å². The van der Waals surface area contributed by atoms with Crippen LogP contribution in [0.15, 0.2) is 24.3 Å². The van der Waals surface area contributed by atoms with E-state index in [2.05, 4.69) is 50.5 Å². The fourth-order valence-corrected chi connectivity index (χ4v) is 3.29. The first-order valence-electron chi connectivity index (χ1n) is 7.51. The molecule has 3 unspecified atom stereocenters. The summed E-state index contributed by atoms with van der Waals surface area (Å²) in [6.07, 6.45) is 6.55. The zero-order valence-electron chi connectivity index (χ0n) is 12.1. The van der Waals surface area contributed by atoms with Crippen molar-refractivity contribution in [2.45, 2.75) is 57.9 Å². The van der Waals surface area contributed by atoms with Crippen LogP contribution < -0.4 is 5.32 Å². The third-order valence-electron chi connectivity index (χ3n) is 4.63. The normalized spacial score (nSPS) is 22.3. The van der Waals surface area contributed by atoms with Crippen LogP contribution in [0.1, 0.15) is 56.6 Å². The Labute approximate surface area is 112 Å². The molecule has 1 nitrogen and oxygen atoms in total. The summed E-state index contributed by atoms with van der Waals surface area (Å²) in [5.74, 6) is 1.53. The predicted molar refractivity (Wildman–Crippen MR) is 79.0 cm³/mol. The molecule has 1 aliphatic carbocycles. The second kappa shape index (κ2) is 6.38. The van der Waals surface area contributed by atoms with Gasteiger partial charge in [-0.2, -0.15) is 0 Å². The minimum absolute atomic E-state index is 0.640. The minimum Gasteiger partial charge on any atom is -0.316 e. The highest BCUT2D eigenvalue weighted by atomic mass is 14.9. The molecule has 1 N–H and O–H groups in total. The van der Waals surface area contributed by atoms with Crippen LogP contribution in [0.2, 0.25) is 0 Å². The third-order valence-corrected chi connectivity index (χ3v) is 4.63. The molecule has 0 saturated heterocycles. The first kappa shape index (κ1) is 13.6. The van der Waals surface area contributed by atoms with Crippen LogP contribution in [0.4, 0.5) is 0 Å². The molecule has 0 heterocycles. The second-order valence-corrected chi connectivity index (χ2v) is 5.84. The Morgan fingerprint density at radius 1 is 1.33 bits per heavy atom. The van der Waals surface area contributed by atoms with Crippen molar-refractivity contribution in [3.05, 3.63) is 35.4 Å². The van der Waals surface area contributed by atoms with Crippen LogP contribution in [0, 0.1) is 5.92 Å². The third kappa shape index (κ3) is 2.95. The summed E-state index contributed by atoms with van der Waals surface area (Å²) in [5.41, 5.74) is 3.18. The largest absolute Gasteiger partial charge is 0.316 e. The first-order valence-corrected chi connectivity index (χ1v) is 7.51. The lowest BCUT2D eigenvalue weighted by molar-refractivity contribution is 0.341. The number of hydrogen-bond donors (Lipinski definition) is 1. The molecule has 0 saturated carbocycles. The number of likely N-dealkylation sites (N-methyl/N-ethyl adjacent to an activating group) is 1. The molecular weight excluding hydrogens is 218 g/mol. The molecule has 1 heteroatoms. The average molecular weight is 245 g/mol. The van der Waals surface area contributed by atoms with Crippen LogP contribution in [-0.2, 0) is 6.42 Å². The molecule has 0 aromatic heterocycles. The van der Waals surface area contributed by atoms with Crippen molar-refractivity contribution in [3.63, 3.8) is 0 Å². The topological polar surface area (TPSA) is 12.0 Å². The predicted octanol–water partition coefficient (Wildman–Crippen LogP) is 4.13. The zero-order chi connectivity index (χ0) is 13.0. The maximum atomic E-state index is 3.58. The zero-order valence-corrected chi connectivity index (χ0v) is 12.1. The van der Waals surface area contributed by atoms with E-state index in [1.54, 1.807) is 11.1 Å². The van der Waals surface area contributed by atoms with Crippen molar-refractivity contribution in [1.29, 1.82) is 0 Å². The van der Waals surface area contributed by atoms with Gasteiger partial charge in [0, 0.05) is 6.04 Å². The number of aryl methyl sites for hydroxylation is 1. The highest BCUT2D eigenvalue weighted by Gasteiger charge is 2.27. The second-order valence-electron chi connectivity index (χ2n) is 5.84. The number of fused-ring (bicyclic) bond motifs is 1. The van der Waals surface area contributed by atoms with Crippen molar-refractivity contribution >= 4 is 0 Å². The molecule has 18 heavy (non-hydrogen) atoms. The molecule has 0 radical (unpaired) electrons. The van der Waals surface area contributed by atoms with Gasteiger partial charge in [0.25, 0.3) is 0 Å². The summed E-state index contributed by atoms with van der Waals surface area (Å²) in [4.78, 5) is 0. The Hall–Kier alpha value is -0.820. The number of rotatable bonds is 5. The maximum Gasteiger partial charge on any atom is 0.0135 e. The van der Waals surface area contributed by atoms with Gasteiger partial charge in [0.05, 0.1) is 0 Å². The molecule has 100 valence electrons. The van der Waals surface area contributed by atoms with E-state index in [1.807, 2.05) is 0 Å². The lowest BCUT2D eigenvalue weighted by atomic mass is 9.76. The molecule has 2 rings (SSSR count). The monoisotopic (exact) mass is 245 g/mol. The molecule has 0 aliphatic heterocycles. The van der Waals surface area contributed by atoms with Crippen LogP contribution >= 0.6 is 0 Å². The average Bonchev–Trinajstić information content (AvgIpc) is 2.44. The van der Waals surface area contributed by atoms with E-state index in [9.17, 15) is 0 Å². The summed E-state index contributed by atoms with van der Waals surface area (Å²) in [5, 5.41) is 3.58. The van der Waals surface area contributed by atoms with Gasteiger partial charge in [-0.3, -0.25) is 0 Å². The van der Waals surface area contributed by atoms with Gasteiger partial charge in [-0.25, -0.2) is 0 Å². The summed E-state index contributed by atoms with van der Waals surface area (Å²) < 4.78 is 0. The minimum atomic E-state index is 0.640. The molecule has 1 aliphatic rings. The number of hydrogen-bond acceptors (Lipinski definition) is 1. The number of nitrogens with one attached hydrogen (secondary N) is 1. The van der Waals surface area contributed by atoms with Gasteiger partial charge in [0.2, 0.25) is 0 Å². The summed E-state index contributed by atoms with van der Waals surface area (Å²) >= 11 is 0. The standard InChI is InChI=1S/C17H27N/c1-4-13(2)12-17(18-3)16-11-7-9-14-8-5-6-10-15(14)16/h5-6,8,10,13,16-18H,4,7,9,11-12H2,1-3H3. The van der Waals surface area contributed by atoms with Crippen LogP contribution in [0.25, 0.3) is 0 Å². The van der Waals surface area contributed by atoms with Crippen LogP contribution in [0.5, 0.6) is 0 Å². The highest BCUT2D eigenvalue weighted by molar-refractivity contribution is 5.33. The Kier molecular flexibility index (Phi) is 4.82. The van der Waals surface area contributed by atoms with Gasteiger partial charge < -0.3 is 5.32 Å². The van der Waals surface area contributed by atoms with Gasteiger partial charge in [0.1, 0.15) is 0 Å². The SMILES string of the molecule is CCC(C)CC(NC)C1CCCc2ccccc21. The molecule has 0 spiro atoms. The summed E-state index contributed by atoms with van der Waals surface area (Å²) in [6, 6.07) is 9.69. The Morgan fingerprint density at radius 2 is 2.11 bits per heavy atom. The fourth-order valence-electron chi connectivity index (χ4n) is 3.29. The van der Waals surface area contributed by atoms with E-state index >= 15 is 0 Å². The molecule has 0 amide bonds. The number of benzene rings is 1. The molecule has 0 fully saturated rings. The van der Waals surface area contributed by atoms with Crippen LogP contribution in [-0.4, -0.2) is 13.1 Å². The lowest BCUT2D eigenvalue weighted by Crippen LogP contribution is -2.35. The van der Waals surface area contributed by atoms with Gasteiger partial charge in [-0.1, -0.05) is 44.5 Å². The summed E-state index contributed by atoms with van der Waals surface area (Å²) in [7, 11) is 2.13. The van der Waals surface area contributed by atoms with E-state index in [-0.39, 0.29) is 0 Å². The molecule has 0 bridgehead atoms. The molecule has 1 aromatic carbocycles. The fraction of sp³-hybridized carbons (Fsp3) is 0.647. The van der Waals surface area contributed by atoms with E-state index in [0.29, 0.717) is 12.0 Å². The van der Waals surface area contributed by atoms with E-state index < -0.39 is 0 Å². The van der Waals surface area contributed by atoms with Gasteiger partial charge in [0.15, 0.2) is 0 Å². The maximum absolute atomic E-state index is 3.58. The molecular formula is C17H27N. The highest BCUT2D eigenvalue weighted by Crippen LogP contribution is 2.35. The summed E-state index contributed by atoms with van der Waals surface area (Å²) in [6.45, 7) is 4.67. The van der Waals surface area contributed by atoms with Gasteiger partial charge >= 0.3 is 0 Å². The van der Waals surface area contributed by atoms with E-state index in [0.717, 1.165) is 5.92 Å². The van der Waals surface area contributed by atoms with Crippen molar-refractivity contribution in [3.8, 4) is 0 Å². The Bertz CT molecular complexity index is 372. The Balaban J connectivity index is 2.17. The first-order chi connectivity index (χ1) is 8.76. The lowest BCUT2D eigenvalue weighted by Gasteiger charge is -2.33. The van der Waals surface area contributed by atoms with Crippen molar-refractivity contribution in [2.75, 3.05) is 7.05 Å². The quantitative estimate of drug-likeness (QED) is 0.822. The van der Waals surface area contributed by atoms with Crippen molar-refractivity contribution < 1.29 is 0 Å². The molecule has 3 atom stereocenters. The van der Waals surface area contributed by atoms with Gasteiger partial charge in [-0.15, -0.1) is 0 Å². The smallest absolute Gasteiger partial charge is 0.0135 e. The van der Waals surface area contributed by atoms with Crippen LogP contribution in [0.3, 0.4) is 0 Å². The molecule has 1 aromatic rings.